The van der Waals surface area contributed by atoms with Crippen molar-refractivity contribution in [1.29, 1.82) is 0 Å². The van der Waals surface area contributed by atoms with E-state index in [0.29, 0.717) is 34.9 Å². The molecule has 142 valence electrons. The van der Waals surface area contributed by atoms with Crippen LogP contribution >= 0.6 is 23.4 Å². The molecule has 27 heavy (non-hydrogen) atoms. The molecule has 0 unspecified atom stereocenters. The Hall–Kier alpha value is -2.44. The minimum atomic E-state index is -0.221. The normalized spacial score (nSPS) is 10.7. The number of nitrogens with zero attached hydrogens (tertiary/aromatic N) is 1. The molecule has 2 N–H and O–H groups in total. The summed E-state index contributed by atoms with van der Waals surface area (Å²) < 4.78 is 5.44. The zero-order chi connectivity index (χ0) is 19.6. The lowest BCUT2D eigenvalue weighted by molar-refractivity contribution is -0.118. The molecule has 1 amide bonds. The number of amides is 1. The average molecular weight is 405 g/mol. The highest BCUT2D eigenvalue weighted by molar-refractivity contribution is 8.00. The smallest absolute Gasteiger partial charge is 0.250 e. The van der Waals surface area contributed by atoms with Crippen LogP contribution in [0.2, 0.25) is 5.02 Å². The second kappa shape index (κ2) is 10.6. The zero-order valence-corrected chi connectivity index (χ0v) is 16.5. The number of halogens is 1. The van der Waals surface area contributed by atoms with Crippen LogP contribution in [0.4, 0.5) is 0 Å². The van der Waals surface area contributed by atoms with Crippen LogP contribution in [-0.2, 0) is 11.2 Å². The van der Waals surface area contributed by atoms with E-state index in [0.717, 1.165) is 4.90 Å². The fraction of sp³-hybridized carbons (Fsp3) is 0.200. The van der Waals surface area contributed by atoms with E-state index in [1.165, 1.54) is 18.0 Å². The number of hydrogen-bond donors (Lipinski definition) is 2. The Morgan fingerprint density at radius 3 is 2.78 bits per heavy atom. The molecule has 0 heterocycles. The third-order valence-corrected chi connectivity index (χ3v) is 4.69. The minimum absolute atomic E-state index is 0.0947. The first kappa shape index (κ1) is 20.9. The molecule has 0 radical (unpaired) electrons. The topological polar surface area (TPSA) is 70.9 Å². The van der Waals surface area contributed by atoms with Gasteiger partial charge in [0.15, 0.2) is 11.5 Å². The van der Waals surface area contributed by atoms with Gasteiger partial charge in [0.05, 0.1) is 18.6 Å². The van der Waals surface area contributed by atoms with Gasteiger partial charge in [0.1, 0.15) is 0 Å². The van der Waals surface area contributed by atoms with Gasteiger partial charge in [-0.05, 0) is 55.3 Å². The highest BCUT2D eigenvalue weighted by Crippen LogP contribution is 2.32. The number of phenolic OH excluding ortho intramolecular Hbond substituents is 1. The molecule has 0 aliphatic carbocycles. The SMILES string of the molecule is C=CCc1cc(/C=N\NC(=O)CSc2ccc(Cl)cc2)cc(OCC)c1O. The number of nitrogens with one attached hydrogen (secondary N) is 1. The highest BCUT2D eigenvalue weighted by atomic mass is 35.5. The fourth-order valence-electron chi connectivity index (χ4n) is 2.23. The summed E-state index contributed by atoms with van der Waals surface area (Å²) in [5.74, 6) is 0.488. The molecule has 0 aliphatic heterocycles. The number of hydrogen-bond acceptors (Lipinski definition) is 5. The number of aromatic hydroxyl groups is 1. The summed E-state index contributed by atoms with van der Waals surface area (Å²) >= 11 is 7.23. The third-order valence-electron chi connectivity index (χ3n) is 3.43. The van der Waals surface area contributed by atoms with Crippen LogP contribution in [0.1, 0.15) is 18.1 Å². The van der Waals surface area contributed by atoms with E-state index in [9.17, 15) is 9.90 Å². The molecule has 0 bridgehead atoms. The van der Waals surface area contributed by atoms with Crippen molar-refractivity contribution in [3.63, 3.8) is 0 Å². The standard InChI is InChI=1S/C20H21ClN2O3S/c1-3-5-15-10-14(11-18(20(15)25)26-4-2)12-22-23-19(24)13-27-17-8-6-16(21)7-9-17/h3,6-12,25H,1,4-5,13H2,2H3,(H,23,24)/b22-12-. The van der Waals surface area contributed by atoms with Gasteiger partial charge in [0, 0.05) is 15.5 Å². The predicted octanol–water partition coefficient (Wildman–Crippen LogP) is 4.42. The fourth-order valence-corrected chi connectivity index (χ4v) is 3.05. The number of rotatable bonds is 9. The van der Waals surface area contributed by atoms with Crippen LogP contribution in [0, 0.1) is 0 Å². The van der Waals surface area contributed by atoms with Gasteiger partial charge in [-0.25, -0.2) is 5.43 Å². The number of ether oxygens (including phenoxy) is 1. The molecule has 0 saturated heterocycles. The molecular weight excluding hydrogens is 384 g/mol. The van der Waals surface area contributed by atoms with Gasteiger partial charge in [-0.15, -0.1) is 18.3 Å². The molecule has 0 saturated carbocycles. The first-order valence-corrected chi connectivity index (χ1v) is 9.69. The Morgan fingerprint density at radius 1 is 1.37 bits per heavy atom. The van der Waals surface area contributed by atoms with Gasteiger partial charge < -0.3 is 9.84 Å². The Kier molecular flexibility index (Phi) is 8.23. The number of hydrazone groups is 1. The molecule has 2 aromatic rings. The summed E-state index contributed by atoms with van der Waals surface area (Å²) in [5, 5.41) is 14.8. The number of benzene rings is 2. The van der Waals surface area contributed by atoms with Crippen molar-refractivity contribution in [1.82, 2.24) is 5.43 Å². The molecule has 5 nitrogen and oxygen atoms in total. The van der Waals surface area contributed by atoms with Gasteiger partial charge >= 0.3 is 0 Å². The molecule has 2 rings (SSSR count). The molecule has 0 fully saturated rings. The largest absolute Gasteiger partial charge is 0.504 e. The van der Waals surface area contributed by atoms with Crippen molar-refractivity contribution >= 4 is 35.5 Å². The summed E-state index contributed by atoms with van der Waals surface area (Å²) in [6, 6.07) is 10.7. The molecule has 0 spiro atoms. The maximum Gasteiger partial charge on any atom is 0.250 e. The first-order valence-electron chi connectivity index (χ1n) is 8.33. The lowest BCUT2D eigenvalue weighted by Gasteiger charge is -2.10. The highest BCUT2D eigenvalue weighted by Gasteiger charge is 2.09. The van der Waals surface area contributed by atoms with Gasteiger partial charge in [0.25, 0.3) is 0 Å². The number of allylic oxidation sites excluding steroid dienone is 1. The van der Waals surface area contributed by atoms with E-state index in [1.54, 1.807) is 30.3 Å². The lowest BCUT2D eigenvalue weighted by Crippen LogP contribution is -2.19. The van der Waals surface area contributed by atoms with Crippen molar-refractivity contribution in [2.45, 2.75) is 18.2 Å². The first-order chi connectivity index (χ1) is 13.0. The van der Waals surface area contributed by atoms with Gasteiger partial charge in [-0.3, -0.25) is 4.79 Å². The quantitative estimate of drug-likeness (QED) is 0.281. The lowest BCUT2D eigenvalue weighted by atomic mass is 10.1. The monoisotopic (exact) mass is 404 g/mol. The average Bonchev–Trinajstić information content (AvgIpc) is 2.65. The second-order valence-electron chi connectivity index (χ2n) is 5.49. The summed E-state index contributed by atoms with van der Waals surface area (Å²) in [4.78, 5) is 12.9. The van der Waals surface area contributed by atoms with Crippen LogP contribution in [0.25, 0.3) is 0 Å². The Bertz CT molecular complexity index is 823. The number of thioether (sulfide) groups is 1. The van der Waals surface area contributed by atoms with Crippen molar-refractivity contribution in [3.8, 4) is 11.5 Å². The van der Waals surface area contributed by atoms with E-state index >= 15 is 0 Å². The van der Waals surface area contributed by atoms with E-state index in [-0.39, 0.29) is 17.4 Å². The maximum absolute atomic E-state index is 11.9. The van der Waals surface area contributed by atoms with Crippen molar-refractivity contribution < 1.29 is 14.6 Å². The van der Waals surface area contributed by atoms with E-state index in [2.05, 4.69) is 17.1 Å². The zero-order valence-electron chi connectivity index (χ0n) is 14.9. The second-order valence-corrected chi connectivity index (χ2v) is 6.97. The summed E-state index contributed by atoms with van der Waals surface area (Å²) in [7, 11) is 0. The van der Waals surface area contributed by atoms with Crippen LogP contribution in [0.15, 0.2) is 59.1 Å². The van der Waals surface area contributed by atoms with E-state index in [1.807, 2.05) is 19.1 Å². The van der Waals surface area contributed by atoms with Crippen molar-refractivity contribution in [2.75, 3.05) is 12.4 Å². The van der Waals surface area contributed by atoms with Crippen LogP contribution in [0.3, 0.4) is 0 Å². The summed E-state index contributed by atoms with van der Waals surface area (Å²) in [6.07, 6.45) is 3.71. The number of carbonyl (C=O) groups excluding carboxylic acids is 1. The molecule has 0 aliphatic rings. The summed E-state index contributed by atoms with van der Waals surface area (Å²) in [6.45, 7) is 5.96. The Labute approximate surface area is 168 Å². The predicted molar refractivity (Wildman–Crippen MR) is 111 cm³/mol. The Morgan fingerprint density at radius 2 is 2.11 bits per heavy atom. The van der Waals surface area contributed by atoms with Gasteiger partial charge in [0.2, 0.25) is 5.91 Å². The van der Waals surface area contributed by atoms with E-state index < -0.39 is 0 Å². The van der Waals surface area contributed by atoms with Crippen molar-refractivity contribution in [3.05, 3.63) is 65.2 Å². The molecule has 0 aromatic heterocycles. The van der Waals surface area contributed by atoms with Gasteiger partial charge in [-0.2, -0.15) is 5.10 Å². The maximum atomic E-state index is 11.9. The number of carbonyl (C=O) groups is 1. The van der Waals surface area contributed by atoms with Crippen LogP contribution in [0.5, 0.6) is 11.5 Å². The minimum Gasteiger partial charge on any atom is -0.504 e. The van der Waals surface area contributed by atoms with Crippen LogP contribution in [-0.4, -0.2) is 29.6 Å². The van der Waals surface area contributed by atoms with Gasteiger partial charge in [-0.1, -0.05) is 17.7 Å². The number of phenols is 1. The Balaban J connectivity index is 1.96. The molecule has 7 heteroatoms. The summed E-state index contributed by atoms with van der Waals surface area (Å²) in [5.41, 5.74) is 3.88. The molecule has 2 aromatic carbocycles. The van der Waals surface area contributed by atoms with E-state index in [4.69, 9.17) is 16.3 Å². The third kappa shape index (κ3) is 6.66. The molecular formula is C20H21ClN2O3S. The van der Waals surface area contributed by atoms with Crippen molar-refractivity contribution in [2.24, 2.45) is 5.10 Å². The molecule has 0 atom stereocenters. The van der Waals surface area contributed by atoms with Crippen LogP contribution < -0.4 is 10.2 Å².